The van der Waals surface area contributed by atoms with Gasteiger partial charge in [0.15, 0.2) is 11.5 Å². The summed E-state index contributed by atoms with van der Waals surface area (Å²) in [5, 5.41) is 2.78. The van der Waals surface area contributed by atoms with Crippen LogP contribution in [0.2, 0.25) is 0 Å². The minimum atomic E-state index is -2.93. The minimum Gasteiger partial charge on any atom is -0.497 e. The molecule has 0 unspecified atom stereocenters. The molecule has 2 aromatic carbocycles. The van der Waals surface area contributed by atoms with Crippen molar-refractivity contribution >= 4 is 12.0 Å². The molecular weight excluding hydrogens is 356 g/mol. The summed E-state index contributed by atoms with van der Waals surface area (Å²) in [4.78, 5) is 11.9. The Morgan fingerprint density at radius 2 is 1.81 bits per heavy atom. The summed E-state index contributed by atoms with van der Waals surface area (Å²) in [6.07, 6.45) is 3.63. The molecule has 0 fully saturated rings. The van der Waals surface area contributed by atoms with Crippen LogP contribution in [0.3, 0.4) is 0 Å². The largest absolute Gasteiger partial charge is 0.497 e. The number of nitrogens with one attached hydrogen (secondary N) is 1. The van der Waals surface area contributed by atoms with E-state index < -0.39 is 6.61 Å². The molecule has 0 saturated carbocycles. The molecule has 0 heterocycles. The van der Waals surface area contributed by atoms with Crippen LogP contribution in [-0.4, -0.2) is 33.3 Å². The van der Waals surface area contributed by atoms with Crippen LogP contribution in [0.15, 0.2) is 48.5 Å². The summed E-state index contributed by atoms with van der Waals surface area (Å²) in [5.74, 6) is 0.632. The Bertz CT molecular complexity index is 776. The van der Waals surface area contributed by atoms with Crippen molar-refractivity contribution in [2.75, 3.05) is 20.8 Å². The Labute approximate surface area is 156 Å². The van der Waals surface area contributed by atoms with Gasteiger partial charge in [-0.3, -0.25) is 4.79 Å². The molecule has 0 saturated heterocycles. The maximum absolute atomic E-state index is 12.3. The van der Waals surface area contributed by atoms with Crippen LogP contribution in [0, 0.1) is 0 Å². The number of hydrogen-bond donors (Lipinski definition) is 1. The van der Waals surface area contributed by atoms with Crippen molar-refractivity contribution in [1.82, 2.24) is 5.32 Å². The summed E-state index contributed by atoms with van der Waals surface area (Å²) in [6, 6.07) is 12.1. The van der Waals surface area contributed by atoms with Crippen LogP contribution in [0.4, 0.5) is 8.78 Å². The number of methoxy groups -OCH3 is 2. The third-order valence-electron chi connectivity index (χ3n) is 3.70. The molecule has 0 aliphatic rings. The molecule has 2 aromatic rings. The van der Waals surface area contributed by atoms with E-state index in [-0.39, 0.29) is 17.4 Å². The normalized spacial score (nSPS) is 10.9. The molecule has 5 nitrogen and oxygen atoms in total. The summed E-state index contributed by atoms with van der Waals surface area (Å²) in [5.41, 5.74) is 1.71. The number of hydrogen-bond acceptors (Lipinski definition) is 4. The predicted octanol–water partition coefficient (Wildman–Crippen LogP) is 3.68. The standard InChI is InChI=1S/C20H21F2NO4/c1-25-16-7-3-14(4-8-16)11-12-23-19(24)10-6-15-5-9-17(27-20(21)22)18(13-15)26-2/h3-10,13,20H,11-12H2,1-2H3,(H,23,24). The fourth-order valence-electron chi connectivity index (χ4n) is 2.33. The average molecular weight is 377 g/mol. The Balaban J connectivity index is 1.86. The molecule has 0 aliphatic heterocycles. The number of rotatable bonds is 9. The number of amides is 1. The Hall–Kier alpha value is -3.09. The summed E-state index contributed by atoms with van der Waals surface area (Å²) >= 11 is 0. The highest BCUT2D eigenvalue weighted by Crippen LogP contribution is 2.29. The van der Waals surface area contributed by atoms with E-state index in [1.807, 2.05) is 24.3 Å². The molecule has 1 amide bonds. The maximum Gasteiger partial charge on any atom is 0.387 e. The number of carbonyl (C=O) groups excluding carboxylic acids is 1. The highest BCUT2D eigenvalue weighted by Gasteiger charge is 2.10. The van der Waals surface area contributed by atoms with Gasteiger partial charge in [0, 0.05) is 12.6 Å². The first kappa shape index (κ1) is 20.2. The highest BCUT2D eigenvalue weighted by atomic mass is 19.3. The number of alkyl halides is 2. The zero-order valence-electron chi connectivity index (χ0n) is 15.1. The third kappa shape index (κ3) is 6.62. The Kier molecular flexibility index (Phi) is 7.61. The molecule has 0 bridgehead atoms. The topological polar surface area (TPSA) is 56.8 Å². The van der Waals surface area contributed by atoms with Crippen LogP contribution in [-0.2, 0) is 11.2 Å². The first-order valence-electron chi connectivity index (χ1n) is 8.23. The number of ether oxygens (including phenoxy) is 3. The van der Waals surface area contributed by atoms with E-state index in [2.05, 4.69) is 10.1 Å². The fourth-order valence-corrected chi connectivity index (χ4v) is 2.33. The van der Waals surface area contributed by atoms with E-state index in [4.69, 9.17) is 9.47 Å². The van der Waals surface area contributed by atoms with E-state index in [1.165, 1.54) is 25.3 Å². The zero-order chi connectivity index (χ0) is 19.6. The number of halogens is 2. The Morgan fingerprint density at radius 1 is 1.07 bits per heavy atom. The van der Waals surface area contributed by atoms with Crippen LogP contribution in [0.25, 0.3) is 6.08 Å². The predicted molar refractivity (Wildman–Crippen MR) is 98.4 cm³/mol. The van der Waals surface area contributed by atoms with E-state index in [9.17, 15) is 13.6 Å². The SMILES string of the molecule is COc1ccc(CCNC(=O)C=Cc2ccc(OC(F)F)c(OC)c2)cc1. The second kappa shape index (κ2) is 10.2. The highest BCUT2D eigenvalue weighted by molar-refractivity contribution is 5.91. The molecule has 27 heavy (non-hydrogen) atoms. The van der Waals surface area contributed by atoms with Gasteiger partial charge in [-0.1, -0.05) is 18.2 Å². The van der Waals surface area contributed by atoms with Gasteiger partial charge in [-0.05, 0) is 47.9 Å². The van der Waals surface area contributed by atoms with Crippen molar-refractivity contribution in [2.24, 2.45) is 0 Å². The number of carbonyl (C=O) groups is 1. The second-order valence-electron chi connectivity index (χ2n) is 5.51. The number of benzene rings is 2. The van der Waals surface area contributed by atoms with Crippen molar-refractivity contribution in [3.63, 3.8) is 0 Å². The van der Waals surface area contributed by atoms with Gasteiger partial charge in [0.25, 0.3) is 0 Å². The van der Waals surface area contributed by atoms with E-state index in [1.54, 1.807) is 19.3 Å². The van der Waals surface area contributed by atoms with Crippen LogP contribution >= 0.6 is 0 Å². The van der Waals surface area contributed by atoms with E-state index >= 15 is 0 Å². The van der Waals surface area contributed by atoms with Crippen molar-refractivity contribution < 1.29 is 27.8 Å². The maximum atomic E-state index is 12.3. The monoisotopic (exact) mass is 377 g/mol. The van der Waals surface area contributed by atoms with Crippen LogP contribution in [0.5, 0.6) is 17.2 Å². The van der Waals surface area contributed by atoms with Gasteiger partial charge in [0.1, 0.15) is 5.75 Å². The molecule has 7 heteroatoms. The first-order valence-corrected chi connectivity index (χ1v) is 8.23. The second-order valence-corrected chi connectivity index (χ2v) is 5.51. The van der Waals surface area contributed by atoms with Gasteiger partial charge in [0.2, 0.25) is 5.91 Å². The minimum absolute atomic E-state index is 0.0615. The lowest BCUT2D eigenvalue weighted by Crippen LogP contribution is -2.23. The molecule has 0 atom stereocenters. The van der Waals surface area contributed by atoms with Gasteiger partial charge in [-0.25, -0.2) is 0 Å². The third-order valence-corrected chi connectivity index (χ3v) is 3.70. The molecule has 0 radical (unpaired) electrons. The molecule has 144 valence electrons. The molecule has 0 spiro atoms. The van der Waals surface area contributed by atoms with E-state index in [0.717, 1.165) is 11.3 Å². The van der Waals surface area contributed by atoms with Crippen LogP contribution < -0.4 is 19.5 Å². The van der Waals surface area contributed by atoms with Crippen molar-refractivity contribution in [2.45, 2.75) is 13.0 Å². The fraction of sp³-hybridized carbons (Fsp3) is 0.250. The summed E-state index contributed by atoms with van der Waals surface area (Å²) in [7, 11) is 2.96. The van der Waals surface area contributed by atoms with Crippen molar-refractivity contribution in [3.8, 4) is 17.2 Å². The smallest absolute Gasteiger partial charge is 0.387 e. The quantitative estimate of drug-likeness (QED) is 0.678. The van der Waals surface area contributed by atoms with Crippen molar-refractivity contribution in [1.29, 1.82) is 0 Å². The van der Waals surface area contributed by atoms with Gasteiger partial charge >= 0.3 is 6.61 Å². The molecular formula is C20H21F2NO4. The van der Waals surface area contributed by atoms with Gasteiger partial charge < -0.3 is 19.5 Å². The van der Waals surface area contributed by atoms with Gasteiger partial charge in [-0.2, -0.15) is 8.78 Å². The van der Waals surface area contributed by atoms with Crippen LogP contribution in [0.1, 0.15) is 11.1 Å². The zero-order valence-corrected chi connectivity index (χ0v) is 15.1. The van der Waals surface area contributed by atoms with E-state index in [0.29, 0.717) is 18.5 Å². The Morgan fingerprint density at radius 3 is 2.44 bits per heavy atom. The molecule has 0 aromatic heterocycles. The van der Waals surface area contributed by atoms with Crippen molar-refractivity contribution in [3.05, 3.63) is 59.7 Å². The molecule has 2 rings (SSSR count). The summed E-state index contributed by atoms with van der Waals surface area (Å²) < 4.78 is 39.1. The lowest BCUT2D eigenvalue weighted by molar-refractivity contribution is -0.116. The molecule has 1 N–H and O–H groups in total. The summed E-state index contributed by atoms with van der Waals surface area (Å²) in [6.45, 7) is -2.45. The first-order chi connectivity index (χ1) is 13.0. The van der Waals surface area contributed by atoms with Gasteiger partial charge in [0.05, 0.1) is 14.2 Å². The lowest BCUT2D eigenvalue weighted by atomic mass is 10.1. The molecule has 0 aliphatic carbocycles. The lowest BCUT2D eigenvalue weighted by Gasteiger charge is -2.10. The van der Waals surface area contributed by atoms with Gasteiger partial charge in [-0.15, -0.1) is 0 Å². The average Bonchev–Trinajstić information content (AvgIpc) is 2.67.